The lowest BCUT2D eigenvalue weighted by Gasteiger charge is -2.11. The summed E-state index contributed by atoms with van der Waals surface area (Å²) in [6, 6.07) is 9.87. The van der Waals surface area contributed by atoms with Gasteiger partial charge in [0.25, 0.3) is 0 Å². The number of halogens is 2. The van der Waals surface area contributed by atoms with Crippen molar-refractivity contribution in [1.82, 2.24) is 4.98 Å². The van der Waals surface area contributed by atoms with E-state index in [-0.39, 0.29) is 11.7 Å². The highest BCUT2D eigenvalue weighted by Crippen LogP contribution is 2.35. The van der Waals surface area contributed by atoms with Gasteiger partial charge in [0.05, 0.1) is 11.6 Å². The predicted molar refractivity (Wildman–Crippen MR) is 86.5 cm³/mol. The largest absolute Gasteiger partial charge is 0.293 e. The second-order valence-electron chi connectivity index (χ2n) is 4.63. The van der Waals surface area contributed by atoms with E-state index in [2.05, 4.69) is 49.6 Å². The second kappa shape index (κ2) is 5.32. The molecule has 0 aliphatic heterocycles. The number of rotatable bonds is 2. The highest BCUT2D eigenvalue weighted by molar-refractivity contribution is 14.1. The van der Waals surface area contributed by atoms with Crippen molar-refractivity contribution in [2.75, 3.05) is 0 Å². The Balaban J connectivity index is 2.00. The molecule has 1 aromatic heterocycles. The summed E-state index contributed by atoms with van der Waals surface area (Å²) in [5, 5.41) is 0. The molecule has 96 valence electrons. The molecule has 0 fully saturated rings. The Hall–Kier alpha value is -0.750. The summed E-state index contributed by atoms with van der Waals surface area (Å²) >= 11 is 5.70. The Labute approximate surface area is 133 Å². The van der Waals surface area contributed by atoms with Gasteiger partial charge in [-0.3, -0.25) is 9.78 Å². The molecule has 0 saturated heterocycles. The van der Waals surface area contributed by atoms with Gasteiger partial charge in [-0.15, -0.1) is 0 Å². The summed E-state index contributed by atoms with van der Waals surface area (Å²) in [6.07, 6.45) is 3.58. The summed E-state index contributed by atoms with van der Waals surface area (Å²) in [4.78, 5) is 17.1. The Kier molecular flexibility index (Phi) is 3.71. The van der Waals surface area contributed by atoms with Gasteiger partial charge in [-0.1, -0.05) is 22.0 Å². The van der Waals surface area contributed by atoms with Crippen molar-refractivity contribution in [3.05, 3.63) is 61.4 Å². The van der Waals surface area contributed by atoms with E-state index in [9.17, 15) is 4.79 Å². The predicted octanol–water partition coefficient (Wildman–Crippen LogP) is 4.36. The fourth-order valence-electron chi connectivity index (χ4n) is 2.54. The fraction of sp³-hybridized carbons (Fsp3) is 0.200. The van der Waals surface area contributed by atoms with Crippen molar-refractivity contribution in [3.63, 3.8) is 0 Å². The number of pyridine rings is 1. The third-order valence-corrected chi connectivity index (χ3v) is 4.83. The van der Waals surface area contributed by atoms with Crippen molar-refractivity contribution in [2.24, 2.45) is 0 Å². The molecule has 0 N–H and O–H groups in total. The van der Waals surface area contributed by atoms with Crippen LogP contribution in [0.15, 0.2) is 41.0 Å². The lowest BCUT2D eigenvalue weighted by molar-refractivity contribution is 0.0957. The van der Waals surface area contributed by atoms with E-state index in [0.717, 1.165) is 32.1 Å². The fourth-order valence-corrected chi connectivity index (χ4v) is 3.48. The highest BCUT2D eigenvalue weighted by atomic mass is 127. The SMILES string of the molecule is O=C(c1cc(I)ccc1Br)C1CCc2cccnc21. The normalized spacial score (nSPS) is 17.3. The molecule has 2 nitrogen and oxygen atoms in total. The van der Waals surface area contributed by atoms with Crippen LogP contribution in [0.25, 0.3) is 0 Å². The maximum atomic E-state index is 12.7. The van der Waals surface area contributed by atoms with Gasteiger partial charge in [-0.2, -0.15) is 0 Å². The van der Waals surface area contributed by atoms with Crippen LogP contribution in [0, 0.1) is 3.57 Å². The number of benzene rings is 1. The lowest BCUT2D eigenvalue weighted by Crippen LogP contribution is -2.12. The van der Waals surface area contributed by atoms with E-state index in [4.69, 9.17) is 0 Å². The van der Waals surface area contributed by atoms with Crippen molar-refractivity contribution in [3.8, 4) is 0 Å². The minimum Gasteiger partial charge on any atom is -0.293 e. The van der Waals surface area contributed by atoms with Gasteiger partial charge in [0.2, 0.25) is 0 Å². The number of carbonyl (C=O) groups is 1. The number of ketones is 1. The van der Waals surface area contributed by atoms with Crippen LogP contribution in [0.3, 0.4) is 0 Å². The van der Waals surface area contributed by atoms with Crippen molar-refractivity contribution >= 4 is 44.3 Å². The van der Waals surface area contributed by atoms with Crippen molar-refractivity contribution < 1.29 is 4.79 Å². The Morgan fingerprint density at radius 3 is 3.05 bits per heavy atom. The van der Waals surface area contributed by atoms with Gasteiger partial charge < -0.3 is 0 Å². The Bertz CT molecular complexity index is 656. The van der Waals surface area contributed by atoms with Gasteiger partial charge in [0, 0.05) is 19.8 Å². The smallest absolute Gasteiger partial charge is 0.173 e. The first kappa shape index (κ1) is 13.2. The van der Waals surface area contributed by atoms with Gasteiger partial charge in [-0.25, -0.2) is 0 Å². The van der Waals surface area contributed by atoms with Crippen LogP contribution < -0.4 is 0 Å². The molecule has 1 aliphatic rings. The molecule has 3 rings (SSSR count). The summed E-state index contributed by atoms with van der Waals surface area (Å²) in [5.74, 6) is 0.0774. The molecule has 1 atom stereocenters. The molecule has 1 heterocycles. The lowest BCUT2D eigenvalue weighted by atomic mass is 9.95. The monoisotopic (exact) mass is 427 g/mol. The summed E-state index contributed by atoms with van der Waals surface area (Å²) in [5.41, 5.74) is 2.93. The number of aryl methyl sites for hydroxylation is 1. The van der Waals surface area contributed by atoms with Gasteiger partial charge in [0.15, 0.2) is 5.78 Å². The first-order chi connectivity index (χ1) is 9.16. The molecule has 0 saturated carbocycles. The van der Waals surface area contributed by atoms with Gasteiger partial charge in [-0.05, 0) is 65.3 Å². The number of carbonyl (C=O) groups excluding carboxylic acids is 1. The van der Waals surface area contributed by atoms with E-state index < -0.39 is 0 Å². The van der Waals surface area contributed by atoms with Crippen LogP contribution in [0.2, 0.25) is 0 Å². The topological polar surface area (TPSA) is 30.0 Å². The molecule has 2 aromatic rings. The maximum Gasteiger partial charge on any atom is 0.173 e. The first-order valence-corrected chi connectivity index (χ1v) is 7.97. The molecular weight excluding hydrogens is 417 g/mol. The second-order valence-corrected chi connectivity index (χ2v) is 6.73. The molecule has 1 aliphatic carbocycles. The zero-order valence-corrected chi connectivity index (χ0v) is 13.8. The molecule has 19 heavy (non-hydrogen) atoms. The first-order valence-electron chi connectivity index (χ1n) is 6.10. The molecule has 0 amide bonds. The van der Waals surface area contributed by atoms with E-state index >= 15 is 0 Å². The summed E-state index contributed by atoms with van der Waals surface area (Å²) in [6.45, 7) is 0. The van der Waals surface area contributed by atoms with E-state index in [1.54, 1.807) is 6.20 Å². The summed E-state index contributed by atoms with van der Waals surface area (Å²) < 4.78 is 1.94. The summed E-state index contributed by atoms with van der Waals surface area (Å²) in [7, 11) is 0. The van der Waals surface area contributed by atoms with Crippen LogP contribution in [0.5, 0.6) is 0 Å². The number of hydrogen-bond donors (Lipinski definition) is 0. The van der Waals surface area contributed by atoms with Crippen LogP contribution in [0.1, 0.15) is 34.0 Å². The Morgan fingerprint density at radius 2 is 2.21 bits per heavy atom. The average Bonchev–Trinajstić information content (AvgIpc) is 2.84. The van der Waals surface area contributed by atoms with Crippen LogP contribution in [0.4, 0.5) is 0 Å². The maximum absolute atomic E-state index is 12.7. The van der Waals surface area contributed by atoms with Crippen LogP contribution in [-0.2, 0) is 6.42 Å². The van der Waals surface area contributed by atoms with Crippen molar-refractivity contribution in [1.29, 1.82) is 0 Å². The molecule has 1 unspecified atom stereocenters. The number of hydrogen-bond acceptors (Lipinski definition) is 2. The molecule has 0 spiro atoms. The standard InChI is InChI=1S/C15H11BrINO/c16-13-6-4-10(17)8-12(13)15(19)11-5-3-9-2-1-7-18-14(9)11/h1-2,4,6-8,11H,3,5H2. The quantitative estimate of drug-likeness (QED) is 0.526. The van der Waals surface area contributed by atoms with Crippen LogP contribution in [-0.4, -0.2) is 10.8 Å². The van der Waals surface area contributed by atoms with E-state index in [1.165, 1.54) is 5.56 Å². The molecule has 0 bridgehead atoms. The Morgan fingerprint density at radius 1 is 1.37 bits per heavy atom. The van der Waals surface area contributed by atoms with Crippen LogP contribution >= 0.6 is 38.5 Å². The number of Topliss-reactive ketones (excluding diaryl/α,β-unsaturated/α-hetero) is 1. The van der Waals surface area contributed by atoms with E-state index in [0.29, 0.717) is 0 Å². The molecule has 1 aromatic carbocycles. The highest BCUT2D eigenvalue weighted by Gasteiger charge is 2.31. The number of fused-ring (bicyclic) bond motifs is 1. The van der Waals surface area contributed by atoms with Gasteiger partial charge in [0.1, 0.15) is 0 Å². The zero-order chi connectivity index (χ0) is 13.4. The van der Waals surface area contributed by atoms with E-state index in [1.807, 2.05) is 24.3 Å². The number of aromatic nitrogens is 1. The zero-order valence-electron chi connectivity index (χ0n) is 10.1. The minimum absolute atomic E-state index is 0.0919. The molecular formula is C15H11BrINO. The number of nitrogens with zero attached hydrogens (tertiary/aromatic N) is 1. The molecule has 4 heteroatoms. The van der Waals surface area contributed by atoms with Crippen molar-refractivity contribution in [2.45, 2.75) is 18.8 Å². The third kappa shape index (κ3) is 2.48. The molecule has 0 radical (unpaired) electrons. The minimum atomic E-state index is -0.0919. The average molecular weight is 428 g/mol. The van der Waals surface area contributed by atoms with Gasteiger partial charge >= 0.3 is 0 Å². The third-order valence-electron chi connectivity index (χ3n) is 3.47.